The Bertz CT molecular complexity index is 459. The topological polar surface area (TPSA) is 32.8 Å². The van der Waals surface area contributed by atoms with Gasteiger partial charge in [-0.3, -0.25) is 9.69 Å². The third-order valence-electron chi connectivity index (χ3n) is 3.77. The average Bonchev–Trinajstić information content (AvgIpc) is 2.46. The van der Waals surface area contributed by atoms with Crippen molar-refractivity contribution in [3.63, 3.8) is 0 Å². The molecule has 1 saturated heterocycles. The molecule has 1 atom stereocenters. The van der Waals surface area contributed by atoms with Gasteiger partial charge in [-0.2, -0.15) is 0 Å². The van der Waals surface area contributed by atoms with Gasteiger partial charge in [0.05, 0.1) is 13.0 Å². The molecule has 0 bridgehead atoms. The molecule has 110 valence electrons. The number of esters is 1. The first-order valence-electron chi connectivity index (χ1n) is 6.84. The van der Waals surface area contributed by atoms with E-state index in [0.717, 1.165) is 42.8 Å². The normalized spacial score (nSPS) is 18.8. The fourth-order valence-electron chi connectivity index (χ4n) is 2.47. The number of hydrogen-bond acceptors (Lipinski definition) is 4. The van der Waals surface area contributed by atoms with Crippen molar-refractivity contribution in [3.05, 3.63) is 34.3 Å². The molecule has 1 aromatic carbocycles. The van der Waals surface area contributed by atoms with Crippen LogP contribution >= 0.6 is 15.9 Å². The van der Waals surface area contributed by atoms with Crippen LogP contribution < -0.4 is 0 Å². The minimum absolute atomic E-state index is 0.165. The van der Waals surface area contributed by atoms with Gasteiger partial charge in [0.25, 0.3) is 0 Å². The Morgan fingerprint density at radius 1 is 1.35 bits per heavy atom. The molecule has 0 radical (unpaired) electrons. The molecule has 0 N–H and O–H groups in total. The van der Waals surface area contributed by atoms with Gasteiger partial charge in [0.1, 0.15) is 0 Å². The second-order valence-electron chi connectivity index (χ2n) is 5.23. The van der Waals surface area contributed by atoms with Crippen LogP contribution in [0.5, 0.6) is 0 Å². The number of nitrogens with zero attached hydrogens (tertiary/aromatic N) is 2. The zero-order valence-electron chi connectivity index (χ0n) is 12.0. The predicted octanol–water partition coefficient (Wildman–Crippen LogP) is 1.95. The maximum Gasteiger partial charge on any atom is 0.314 e. The Balaban J connectivity index is 2.10. The van der Waals surface area contributed by atoms with Gasteiger partial charge in [-0.15, -0.1) is 0 Å². The van der Waals surface area contributed by atoms with Crippen LogP contribution in [0.25, 0.3) is 0 Å². The van der Waals surface area contributed by atoms with Crippen molar-refractivity contribution in [2.24, 2.45) is 0 Å². The maximum atomic E-state index is 12.1. The molecule has 1 unspecified atom stereocenters. The Morgan fingerprint density at radius 2 is 2.05 bits per heavy atom. The number of methoxy groups -OCH3 is 1. The number of rotatable bonds is 4. The molecule has 1 fully saturated rings. The highest BCUT2D eigenvalue weighted by molar-refractivity contribution is 9.10. The van der Waals surface area contributed by atoms with E-state index in [4.69, 9.17) is 4.74 Å². The fourth-order valence-corrected chi connectivity index (χ4v) is 2.89. The van der Waals surface area contributed by atoms with Gasteiger partial charge in [-0.05, 0) is 24.7 Å². The van der Waals surface area contributed by atoms with E-state index in [9.17, 15) is 4.79 Å². The highest BCUT2D eigenvalue weighted by atomic mass is 79.9. The summed E-state index contributed by atoms with van der Waals surface area (Å²) >= 11 is 3.46. The van der Waals surface area contributed by atoms with Crippen LogP contribution in [-0.2, 0) is 9.53 Å². The molecule has 0 saturated carbocycles. The Morgan fingerprint density at radius 3 is 2.65 bits per heavy atom. The summed E-state index contributed by atoms with van der Waals surface area (Å²) in [6.45, 7) is 4.81. The third kappa shape index (κ3) is 4.04. The maximum absolute atomic E-state index is 12.1. The van der Waals surface area contributed by atoms with Crippen molar-refractivity contribution in [1.29, 1.82) is 0 Å². The van der Waals surface area contributed by atoms with E-state index >= 15 is 0 Å². The number of halogens is 1. The second kappa shape index (κ2) is 7.20. The minimum Gasteiger partial charge on any atom is -0.469 e. The summed E-state index contributed by atoms with van der Waals surface area (Å²) in [5, 5.41) is 0. The molecule has 2 rings (SSSR count). The van der Waals surface area contributed by atoms with Crippen LogP contribution in [0.15, 0.2) is 28.7 Å². The third-order valence-corrected chi connectivity index (χ3v) is 4.27. The first-order valence-corrected chi connectivity index (χ1v) is 7.63. The van der Waals surface area contributed by atoms with Crippen molar-refractivity contribution in [2.45, 2.75) is 5.92 Å². The summed E-state index contributed by atoms with van der Waals surface area (Å²) in [5.74, 6) is -0.386. The van der Waals surface area contributed by atoms with E-state index in [1.807, 2.05) is 24.3 Å². The highest BCUT2D eigenvalue weighted by Gasteiger charge is 2.26. The SMILES string of the molecule is COC(=O)C(CN1CCN(C)CC1)c1cccc(Br)c1. The number of ether oxygens (including phenoxy) is 1. The molecule has 5 heteroatoms. The van der Waals surface area contributed by atoms with Crippen LogP contribution in [0.1, 0.15) is 11.5 Å². The quantitative estimate of drug-likeness (QED) is 0.784. The Kier molecular flexibility index (Phi) is 5.57. The largest absolute Gasteiger partial charge is 0.469 e. The number of carbonyl (C=O) groups is 1. The van der Waals surface area contributed by atoms with Crippen molar-refractivity contribution >= 4 is 21.9 Å². The van der Waals surface area contributed by atoms with E-state index in [2.05, 4.69) is 32.8 Å². The molecular weight excluding hydrogens is 320 g/mol. The van der Waals surface area contributed by atoms with Crippen LogP contribution in [-0.4, -0.2) is 62.7 Å². The highest BCUT2D eigenvalue weighted by Crippen LogP contribution is 2.23. The van der Waals surface area contributed by atoms with Gasteiger partial charge in [0.15, 0.2) is 0 Å². The van der Waals surface area contributed by atoms with Gasteiger partial charge < -0.3 is 9.64 Å². The number of likely N-dealkylation sites (N-methyl/N-ethyl adjacent to an activating group) is 1. The van der Waals surface area contributed by atoms with Gasteiger partial charge in [-0.1, -0.05) is 28.1 Å². The second-order valence-corrected chi connectivity index (χ2v) is 6.15. The Hall–Kier alpha value is -0.910. The number of carbonyl (C=O) groups excluding carboxylic acids is 1. The number of benzene rings is 1. The molecule has 4 nitrogen and oxygen atoms in total. The van der Waals surface area contributed by atoms with Crippen LogP contribution in [0, 0.1) is 0 Å². The summed E-state index contributed by atoms with van der Waals surface area (Å²) in [4.78, 5) is 16.7. The van der Waals surface area contributed by atoms with Gasteiger partial charge in [0, 0.05) is 37.2 Å². The zero-order chi connectivity index (χ0) is 14.5. The molecule has 1 aromatic rings. The van der Waals surface area contributed by atoms with Crippen molar-refractivity contribution in [2.75, 3.05) is 46.9 Å². The summed E-state index contributed by atoms with van der Waals surface area (Å²) in [6.07, 6.45) is 0. The van der Waals surface area contributed by atoms with Crippen LogP contribution in [0.4, 0.5) is 0 Å². The van der Waals surface area contributed by atoms with Crippen molar-refractivity contribution < 1.29 is 9.53 Å². The van der Waals surface area contributed by atoms with Crippen LogP contribution in [0.3, 0.4) is 0 Å². The molecule has 1 aliphatic rings. The summed E-state index contributed by atoms with van der Waals surface area (Å²) in [6, 6.07) is 7.91. The first-order chi connectivity index (χ1) is 9.60. The lowest BCUT2D eigenvalue weighted by Gasteiger charge is -2.34. The zero-order valence-corrected chi connectivity index (χ0v) is 13.6. The predicted molar refractivity (Wildman–Crippen MR) is 82.8 cm³/mol. The lowest BCUT2D eigenvalue weighted by Crippen LogP contribution is -2.46. The van der Waals surface area contributed by atoms with E-state index in [1.54, 1.807) is 0 Å². The van der Waals surface area contributed by atoms with Crippen molar-refractivity contribution in [3.8, 4) is 0 Å². The lowest BCUT2D eigenvalue weighted by atomic mass is 9.98. The standard InChI is InChI=1S/C15H21BrN2O2/c1-17-6-8-18(9-7-17)11-14(15(19)20-2)12-4-3-5-13(16)10-12/h3-5,10,14H,6-9,11H2,1-2H3. The molecule has 0 aromatic heterocycles. The lowest BCUT2D eigenvalue weighted by molar-refractivity contribution is -0.143. The number of hydrogen-bond donors (Lipinski definition) is 0. The molecule has 0 amide bonds. The summed E-state index contributed by atoms with van der Waals surface area (Å²) in [5.41, 5.74) is 1.00. The minimum atomic E-state index is -0.221. The first kappa shape index (κ1) is 15.5. The van der Waals surface area contributed by atoms with Crippen molar-refractivity contribution in [1.82, 2.24) is 9.80 Å². The fraction of sp³-hybridized carbons (Fsp3) is 0.533. The van der Waals surface area contributed by atoms with Crippen LogP contribution in [0.2, 0.25) is 0 Å². The van der Waals surface area contributed by atoms with E-state index in [0.29, 0.717) is 0 Å². The van der Waals surface area contributed by atoms with E-state index in [1.165, 1.54) is 7.11 Å². The molecule has 0 spiro atoms. The van der Waals surface area contributed by atoms with E-state index < -0.39 is 0 Å². The smallest absolute Gasteiger partial charge is 0.314 e. The summed E-state index contributed by atoms with van der Waals surface area (Å²) < 4.78 is 5.97. The molecular formula is C15H21BrN2O2. The van der Waals surface area contributed by atoms with Gasteiger partial charge >= 0.3 is 5.97 Å². The summed E-state index contributed by atoms with van der Waals surface area (Å²) in [7, 11) is 3.58. The average molecular weight is 341 g/mol. The molecule has 1 aliphatic heterocycles. The molecule has 1 heterocycles. The molecule has 0 aliphatic carbocycles. The Labute approximate surface area is 128 Å². The monoisotopic (exact) mass is 340 g/mol. The van der Waals surface area contributed by atoms with Gasteiger partial charge in [-0.25, -0.2) is 0 Å². The van der Waals surface area contributed by atoms with E-state index in [-0.39, 0.29) is 11.9 Å². The molecule has 20 heavy (non-hydrogen) atoms. The van der Waals surface area contributed by atoms with Gasteiger partial charge in [0.2, 0.25) is 0 Å². The number of piperazine rings is 1.